The number of rotatable bonds is 4. The normalized spacial score (nSPS) is 11.4. The van der Waals surface area contributed by atoms with Gasteiger partial charge in [0, 0.05) is 11.8 Å². The zero-order chi connectivity index (χ0) is 18.9. The molecule has 0 atom stereocenters. The van der Waals surface area contributed by atoms with Crippen molar-refractivity contribution in [1.29, 1.82) is 0 Å². The molecular formula is C16H11F3N4O3. The Labute approximate surface area is 144 Å². The van der Waals surface area contributed by atoms with Gasteiger partial charge in [-0.15, -0.1) is 0 Å². The highest BCUT2D eigenvalue weighted by molar-refractivity contribution is 5.85. The van der Waals surface area contributed by atoms with Crippen molar-refractivity contribution in [1.82, 2.24) is 19.7 Å². The van der Waals surface area contributed by atoms with Gasteiger partial charge in [-0.3, -0.25) is 0 Å². The summed E-state index contributed by atoms with van der Waals surface area (Å²) < 4.78 is 45.8. The first-order chi connectivity index (χ1) is 12.3. The second kappa shape index (κ2) is 6.47. The molecule has 0 aliphatic rings. The summed E-state index contributed by atoms with van der Waals surface area (Å²) >= 11 is 0. The first-order valence-corrected chi connectivity index (χ1v) is 7.18. The molecule has 0 unspecified atom stereocenters. The molecule has 2 aromatic heterocycles. The number of ether oxygens (including phenoxy) is 1. The van der Waals surface area contributed by atoms with Crippen LogP contribution >= 0.6 is 0 Å². The zero-order valence-electron chi connectivity index (χ0n) is 13.2. The highest BCUT2D eigenvalue weighted by Gasteiger charge is 2.34. The number of carbonyl (C=O) groups is 1. The number of hydrogen-bond acceptors (Lipinski definition) is 5. The van der Waals surface area contributed by atoms with Crippen LogP contribution in [-0.4, -0.2) is 37.9 Å². The van der Waals surface area contributed by atoms with Gasteiger partial charge in [0.05, 0.1) is 12.8 Å². The lowest BCUT2D eigenvalue weighted by molar-refractivity contribution is -0.141. The van der Waals surface area contributed by atoms with Gasteiger partial charge in [0.15, 0.2) is 11.4 Å². The number of alkyl halides is 3. The fourth-order valence-corrected chi connectivity index (χ4v) is 2.23. The number of carboxylic acid groups (broad SMARTS) is 1. The van der Waals surface area contributed by atoms with Gasteiger partial charge in [-0.2, -0.15) is 18.3 Å². The van der Waals surface area contributed by atoms with Crippen LogP contribution in [0.15, 0.2) is 42.6 Å². The molecule has 0 bridgehead atoms. The lowest BCUT2D eigenvalue weighted by Crippen LogP contribution is -2.13. The minimum absolute atomic E-state index is 0.0350. The van der Waals surface area contributed by atoms with Crippen LogP contribution < -0.4 is 4.74 Å². The van der Waals surface area contributed by atoms with E-state index < -0.39 is 23.8 Å². The van der Waals surface area contributed by atoms with Gasteiger partial charge in [-0.1, -0.05) is 12.1 Å². The highest BCUT2D eigenvalue weighted by atomic mass is 19.4. The van der Waals surface area contributed by atoms with Crippen molar-refractivity contribution >= 4 is 5.97 Å². The Morgan fingerprint density at radius 1 is 1.19 bits per heavy atom. The van der Waals surface area contributed by atoms with Crippen molar-refractivity contribution in [2.24, 2.45) is 0 Å². The average molecular weight is 364 g/mol. The summed E-state index contributed by atoms with van der Waals surface area (Å²) in [7, 11) is 1.39. The Bertz CT molecular complexity index is 969. The summed E-state index contributed by atoms with van der Waals surface area (Å²) in [4.78, 5) is 18.5. The van der Waals surface area contributed by atoms with Crippen LogP contribution in [0.1, 0.15) is 16.2 Å². The minimum atomic E-state index is -4.72. The van der Waals surface area contributed by atoms with Crippen LogP contribution in [-0.2, 0) is 6.18 Å². The summed E-state index contributed by atoms with van der Waals surface area (Å²) in [5, 5.41) is 12.6. The van der Waals surface area contributed by atoms with Gasteiger partial charge in [-0.25, -0.2) is 19.4 Å². The summed E-state index contributed by atoms with van der Waals surface area (Å²) in [6.45, 7) is 0. The zero-order valence-corrected chi connectivity index (χ0v) is 13.2. The maximum atomic E-state index is 13.2. The highest BCUT2D eigenvalue weighted by Crippen LogP contribution is 2.33. The maximum absolute atomic E-state index is 13.2. The molecule has 0 spiro atoms. The van der Waals surface area contributed by atoms with Crippen molar-refractivity contribution in [3.05, 3.63) is 54.0 Å². The van der Waals surface area contributed by atoms with E-state index in [-0.39, 0.29) is 11.4 Å². The summed E-state index contributed by atoms with van der Waals surface area (Å²) in [6, 6.07) is 8.36. The molecule has 26 heavy (non-hydrogen) atoms. The first-order valence-electron chi connectivity index (χ1n) is 7.18. The smallest absolute Gasteiger partial charge is 0.433 e. The predicted molar refractivity (Wildman–Crippen MR) is 83.1 cm³/mol. The molecule has 7 nitrogen and oxygen atoms in total. The number of hydrogen-bond donors (Lipinski definition) is 1. The summed E-state index contributed by atoms with van der Waals surface area (Å²) in [5.41, 5.74) is -1.23. The van der Waals surface area contributed by atoms with Crippen LogP contribution in [0.2, 0.25) is 0 Å². The Morgan fingerprint density at radius 3 is 2.54 bits per heavy atom. The van der Waals surface area contributed by atoms with E-state index in [1.165, 1.54) is 13.3 Å². The summed E-state index contributed by atoms with van der Waals surface area (Å²) in [5.74, 6) is -1.40. The second-order valence-corrected chi connectivity index (χ2v) is 5.09. The Kier molecular flexibility index (Phi) is 4.33. The quantitative estimate of drug-likeness (QED) is 0.765. The van der Waals surface area contributed by atoms with Gasteiger partial charge in [0.2, 0.25) is 0 Å². The third kappa shape index (κ3) is 3.34. The number of carboxylic acids is 1. The number of methoxy groups -OCH3 is 1. The molecule has 0 fully saturated rings. The molecule has 0 aliphatic carbocycles. The molecule has 0 amide bonds. The molecule has 1 N–H and O–H groups in total. The molecule has 1 aromatic carbocycles. The molecular weight excluding hydrogens is 353 g/mol. The Balaban J connectivity index is 2.20. The van der Waals surface area contributed by atoms with Crippen LogP contribution in [0.3, 0.4) is 0 Å². The van der Waals surface area contributed by atoms with E-state index in [0.717, 1.165) is 16.8 Å². The van der Waals surface area contributed by atoms with Crippen LogP contribution in [0.4, 0.5) is 13.2 Å². The van der Waals surface area contributed by atoms with Crippen molar-refractivity contribution in [2.45, 2.75) is 6.18 Å². The Morgan fingerprint density at radius 2 is 1.92 bits per heavy atom. The number of halogens is 3. The number of benzene rings is 1. The van der Waals surface area contributed by atoms with E-state index in [2.05, 4.69) is 15.1 Å². The van der Waals surface area contributed by atoms with E-state index in [9.17, 15) is 18.0 Å². The molecule has 10 heteroatoms. The van der Waals surface area contributed by atoms with E-state index in [1.54, 1.807) is 24.3 Å². The van der Waals surface area contributed by atoms with Crippen LogP contribution in [0.25, 0.3) is 17.2 Å². The van der Waals surface area contributed by atoms with Gasteiger partial charge in [0.25, 0.3) is 5.95 Å². The molecule has 0 saturated heterocycles. The third-order valence-corrected chi connectivity index (χ3v) is 3.40. The van der Waals surface area contributed by atoms with Gasteiger partial charge < -0.3 is 9.84 Å². The molecule has 2 heterocycles. The molecule has 134 valence electrons. The maximum Gasteiger partial charge on any atom is 0.433 e. The molecule has 0 aliphatic heterocycles. The number of nitrogens with zero attached hydrogens (tertiary/aromatic N) is 4. The SMILES string of the molecule is COc1ccccc1-c1cc(C(F)(F)F)nc(-n2ccc(C(=O)O)n2)n1. The molecule has 3 aromatic rings. The van der Waals surface area contributed by atoms with Crippen LogP contribution in [0.5, 0.6) is 5.75 Å². The fourth-order valence-electron chi connectivity index (χ4n) is 2.23. The molecule has 0 radical (unpaired) electrons. The van der Waals surface area contributed by atoms with E-state index in [0.29, 0.717) is 11.3 Å². The number of aromatic nitrogens is 4. The monoisotopic (exact) mass is 364 g/mol. The number of para-hydroxylation sites is 1. The van der Waals surface area contributed by atoms with Crippen LogP contribution in [0, 0.1) is 0 Å². The first kappa shape index (κ1) is 17.4. The van der Waals surface area contributed by atoms with Gasteiger partial charge >= 0.3 is 12.1 Å². The van der Waals surface area contributed by atoms with Crippen molar-refractivity contribution in [3.63, 3.8) is 0 Å². The van der Waals surface area contributed by atoms with E-state index in [4.69, 9.17) is 9.84 Å². The summed E-state index contributed by atoms with van der Waals surface area (Å²) in [6.07, 6.45) is -3.55. The lowest BCUT2D eigenvalue weighted by atomic mass is 10.1. The molecule has 3 rings (SSSR count). The van der Waals surface area contributed by atoms with Crippen molar-refractivity contribution < 1.29 is 27.8 Å². The van der Waals surface area contributed by atoms with Crippen molar-refractivity contribution in [3.8, 4) is 23.0 Å². The average Bonchev–Trinajstić information content (AvgIpc) is 3.11. The Hall–Kier alpha value is -3.43. The van der Waals surface area contributed by atoms with Crippen molar-refractivity contribution in [2.75, 3.05) is 7.11 Å². The van der Waals surface area contributed by atoms with Gasteiger partial charge in [-0.05, 0) is 24.3 Å². The molecule has 0 saturated carbocycles. The third-order valence-electron chi connectivity index (χ3n) is 3.40. The van der Waals surface area contributed by atoms with E-state index in [1.807, 2.05) is 0 Å². The lowest BCUT2D eigenvalue weighted by Gasteiger charge is -2.12. The topological polar surface area (TPSA) is 90.1 Å². The van der Waals surface area contributed by atoms with Gasteiger partial charge in [0.1, 0.15) is 5.75 Å². The fraction of sp³-hybridized carbons (Fsp3) is 0.125. The minimum Gasteiger partial charge on any atom is -0.496 e. The standard InChI is InChI=1S/C16H11F3N4O3/c1-26-12-5-3-2-4-9(12)11-8-13(16(17,18)19)21-15(20-11)23-7-6-10(22-23)14(24)25/h2-8H,1H3,(H,24,25). The largest absolute Gasteiger partial charge is 0.496 e. The van der Waals surface area contributed by atoms with E-state index >= 15 is 0 Å². The second-order valence-electron chi connectivity index (χ2n) is 5.09. The number of aromatic carboxylic acids is 1. The predicted octanol–water partition coefficient (Wildman–Crippen LogP) is 3.05.